The highest BCUT2D eigenvalue weighted by atomic mass is 16.5. The minimum Gasteiger partial charge on any atom is -0.395 e. The Kier molecular flexibility index (Phi) is 3.03. The summed E-state index contributed by atoms with van der Waals surface area (Å²) in [5, 5.41) is 3.68. The second-order valence-corrected chi connectivity index (χ2v) is 3.89. The number of nitrogen functional groups attached to an aromatic ring is 1. The molecule has 2 rings (SSSR count). The summed E-state index contributed by atoms with van der Waals surface area (Å²) in [6.45, 7) is 3.12. The summed E-state index contributed by atoms with van der Waals surface area (Å²) in [7, 11) is 0. The van der Waals surface area contributed by atoms with Crippen molar-refractivity contribution in [2.45, 2.75) is 32.2 Å². The summed E-state index contributed by atoms with van der Waals surface area (Å²) in [6.07, 6.45) is 6.85. The Morgan fingerprint density at radius 3 is 2.57 bits per heavy atom. The number of anilines is 1. The highest BCUT2D eigenvalue weighted by Crippen LogP contribution is 2.16. The Morgan fingerprint density at radius 1 is 1.29 bits per heavy atom. The van der Waals surface area contributed by atoms with Gasteiger partial charge in [0.05, 0.1) is 18.4 Å². The van der Waals surface area contributed by atoms with E-state index in [-0.39, 0.29) is 0 Å². The average molecular weight is 195 g/mol. The Balaban J connectivity index is 1.92. The summed E-state index contributed by atoms with van der Waals surface area (Å²) in [5.74, 6) is 0.812. The summed E-state index contributed by atoms with van der Waals surface area (Å²) in [6, 6.07) is 0. The maximum atomic E-state index is 5.71. The lowest BCUT2D eigenvalue weighted by Crippen LogP contribution is -2.24. The van der Waals surface area contributed by atoms with E-state index in [0.29, 0.717) is 5.69 Å². The van der Waals surface area contributed by atoms with Gasteiger partial charge in [0.2, 0.25) is 0 Å². The second-order valence-electron chi connectivity index (χ2n) is 3.89. The fourth-order valence-corrected chi connectivity index (χ4v) is 1.89. The number of likely N-dealkylation sites (tertiary alicyclic amines) is 1. The first-order chi connectivity index (χ1) is 6.86. The molecule has 0 amide bonds. The molecule has 78 valence electrons. The van der Waals surface area contributed by atoms with Crippen molar-refractivity contribution in [3.63, 3.8) is 0 Å². The van der Waals surface area contributed by atoms with Crippen LogP contribution < -0.4 is 5.73 Å². The van der Waals surface area contributed by atoms with Crippen LogP contribution in [-0.2, 0) is 6.54 Å². The van der Waals surface area contributed by atoms with Crippen LogP contribution >= 0.6 is 0 Å². The Morgan fingerprint density at radius 2 is 2.00 bits per heavy atom. The molecule has 0 saturated carbocycles. The van der Waals surface area contributed by atoms with E-state index in [1.807, 2.05) is 0 Å². The predicted octanol–water partition coefficient (Wildman–Crippen LogP) is 1.63. The van der Waals surface area contributed by atoms with Gasteiger partial charge in [-0.25, -0.2) is 0 Å². The zero-order chi connectivity index (χ0) is 9.80. The van der Waals surface area contributed by atoms with Crippen molar-refractivity contribution in [1.82, 2.24) is 10.1 Å². The monoisotopic (exact) mass is 195 g/mol. The maximum Gasteiger partial charge on any atom is 0.173 e. The Hall–Kier alpha value is -1.03. The molecule has 4 heteroatoms. The third-order valence-corrected chi connectivity index (χ3v) is 2.74. The topological polar surface area (TPSA) is 55.3 Å². The molecule has 0 aromatic carbocycles. The van der Waals surface area contributed by atoms with Crippen LogP contribution in [0.5, 0.6) is 0 Å². The van der Waals surface area contributed by atoms with Gasteiger partial charge in [0, 0.05) is 0 Å². The number of aromatic nitrogens is 1. The van der Waals surface area contributed by atoms with Crippen LogP contribution in [0, 0.1) is 0 Å². The summed E-state index contributed by atoms with van der Waals surface area (Å²) in [5.41, 5.74) is 6.39. The standard InChI is InChI=1S/C10H17N3O/c11-9-7-12-14-10(9)8-13-5-3-1-2-4-6-13/h7H,1-6,8,11H2. The molecule has 1 fully saturated rings. The average Bonchev–Trinajstić information content (AvgIpc) is 2.44. The lowest BCUT2D eigenvalue weighted by atomic mass is 10.2. The first-order valence-corrected chi connectivity index (χ1v) is 5.27. The van der Waals surface area contributed by atoms with Gasteiger partial charge in [-0.1, -0.05) is 18.0 Å². The molecule has 0 unspecified atom stereocenters. The predicted molar refractivity (Wildman–Crippen MR) is 54.7 cm³/mol. The molecule has 1 aliphatic rings. The highest BCUT2D eigenvalue weighted by molar-refractivity contribution is 5.37. The van der Waals surface area contributed by atoms with Crippen LogP contribution in [0.2, 0.25) is 0 Å². The lowest BCUT2D eigenvalue weighted by molar-refractivity contribution is 0.239. The van der Waals surface area contributed by atoms with Gasteiger partial charge in [-0.05, 0) is 25.9 Å². The van der Waals surface area contributed by atoms with Crippen LogP contribution in [0.1, 0.15) is 31.4 Å². The molecule has 14 heavy (non-hydrogen) atoms. The summed E-state index contributed by atoms with van der Waals surface area (Å²) in [4.78, 5) is 2.39. The first kappa shape index (κ1) is 9.52. The van der Waals surface area contributed by atoms with E-state index in [9.17, 15) is 0 Å². The molecule has 4 nitrogen and oxygen atoms in total. The van der Waals surface area contributed by atoms with Gasteiger partial charge in [-0.15, -0.1) is 0 Å². The molecule has 1 aromatic rings. The molecule has 0 bridgehead atoms. The summed E-state index contributed by atoms with van der Waals surface area (Å²) < 4.78 is 5.09. The number of nitrogens with two attached hydrogens (primary N) is 1. The van der Waals surface area contributed by atoms with Crippen LogP contribution in [0.25, 0.3) is 0 Å². The minimum absolute atomic E-state index is 0.675. The third kappa shape index (κ3) is 2.26. The molecular formula is C10H17N3O. The lowest BCUT2D eigenvalue weighted by Gasteiger charge is -2.17. The molecule has 0 aliphatic carbocycles. The quantitative estimate of drug-likeness (QED) is 0.779. The highest BCUT2D eigenvalue weighted by Gasteiger charge is 2.13. The van der Waals surface area contributed by atoms with Crippen LogP contribution in [0.15, 0.2) is 10.7 Å². The Bertz CT molecular complexity index is 277. The Labute approximate surface area is 84.0 Å². The van der Waals surface area contributed by atoms with E-state index in [1.165, 1.54) is 25.7 Å². The fourth-order valence-electron chi connectivity index (χ4n) is 1.89. The fraction of sp³-hybridized carbons (Fsp3) is 0.700. The van der Waals surface area contributed by atoms with Crippen molar-refractivity contribution < 1.29 is 4.52 Å². The van der Waals surface area contributed by atoms with E-state index in [0.717, 1.165) is 25.4 Å². The van der Waals surface area contributed by atoms with Gasteiger partial charge in [-0.3, -0.25) is 4.90 Å². The normalized spacial score (nSPS) is 19.4. The van der Waals surface area contributed by atoms with Gasteiger partial charge >= 0.3 is 0 Å². The molecule has 1 saturated heterocycles. The molecule has 2 N–H and O–H groups in total. The largest absolute Gasteiger partial charge is 0.395 e. The van der Waals surface area contributed by atoms with E-state index in [2.05, 4.69) is 10.1 Å². The minimum atomic E-state index is 0.675. The zero-order valence-electron chi connectivity index (χ0n) is 8.41. The van der Waals surface area contributed by atoms with Crippen molar-refractivity contribution in [2.75, 3.05) is 18.8 Å². The molecule has 1 aliphatic heterocycles. The first-order valence-electron chi connectivity index (χ1n) is 5.27. The smallest absolute Gasteiger partial charge is 0.173 e. The van der Waals surface area contributed by atoms with Gasteiger partial charge in [-0.2, -0.15) is 0 Å². The van der Waals surface area contributed by atoms with E-state index >= 15 is 0 Å². The molecule has 0 radical (unpaired) electrons. The third-order valence-electron chi connectivity index (χ3n) is 2.74. The van der Waals surface area contributed by atoms with E-state index in [4.69, 9.17) is 10.3 Å². The molecule has 0 spiro atoms. The van der Waals surface area contributed by atoms with Crippen molar-refractivity contribution in [2.24, 2.45) is 0 Å². The van der Waals surface area contributed by atoms with E-state index in [1.54, 1.807) is 6.20 Å². The second kappa shape index (κ2) is 4.46. The van der Waals surface area contributed by atoms with Gasteiger partial charge < -0.3 is 10.3 Å². The zero-order valence-corrected chi connectivity index (χ0v) is 8.41. The van der Waals surface area contributed by atoms with Crippen molar-refractivity contribution >= 4 is 5.69 Å². The van der Waals surface area contributed by atoms with Crippen LogP contribution in [-0.4, -0.2) is 23.1 Å². The maximum absolute atomic E-state index is 5.71. The van der Waals surface area contributed by atoms with Crippen molar-refractivity contribution in [3.05, 3.63) is 12.0 Å². The van der Waals surface area contributed by atoms with Crippen LogP contribution in [0.4, 0.5) is 5.69 Å². The van der Waals surface area contributed by atoms with Crippen molar-refractivity contribution in [1.29, 1.82) is 0 Å². The van der Waals surface area contributed by atoms with Crippen LogP contribution in [0.3, 0.4) is 0 Å². The number of rotatable bonds is 2. The molecular weight excluding hydrogens is 178 g/mol. The van der Waals surface area contributed by atoms with Gasteiger partial charge in [0.15, 0.2) is 5.76 Å². The SMILES string of the molecule is Nc1cnoc1CN1CCCCCC1. The summed E-state index contributed by atoms with van der Waals surface area (Å²) >= 11 is 0. The number of nitrogens with zero attached hydrogens (tertiary/aromatic N) is 2. The molecule has 2 heterocycles. The van der Waals surface area contributed by atoms with Gasteiger partial charge in [0.1, 0.15) is 0 Å². The number of hydrogen-bond donors (Lipinski definition) is 1. The number of hydrogen-bond acceptors (Lipinski definition) is 4. The molecule has 0 atom stereocenters. The van der Waals surface area contributed by atoms with E-state index < -0.39 is 0 Å². The van der Waals surface area contributed by atoms with Gasteiger partial charge in [0.25, 0.3) is 0 Å². The molecule has 1 aromatic heterocycles. The van der Waals surface area contributed by atoms with Crippen molar-refractivity contribution in [3.8, 4) is 0 Å².